The van der Waals surface area contributed by atoms with Crippen molar-refractivity contribution in [1.82, 2.24) is 0 Å². The molecule has 0 saturated heterocycles. The summed E-state index contributed by atoms with van der Waals surface area (Å²) in [6, 6.07) is 7.40. The average Bonchev–Trinajstić information content (AvgIpc) is 2.19. The Labute approximate surface area is 89.9 Å². The van der Waals surface area contributed by atoms with Gasteiger partial charge in [0.2, 0.25) is 0 Å². The van der Waals surface area contributed by atoms with Crippen molar-refractivity contribution in [2.45, 2.75) is 13.3 Å². The Hall–Kier alpha value is -1.20. The van der Waals surface area contributed by atoms with Crippen LogP contribution in [0.3, 0.4) is 0 Å². The highest BCUT2D eigenvalue weighted by atomic mass is 32.1. The lowest BCUT2D eigenvalue weighted by Crippen LogP contribution is -1.95. The smallest absolute Gasteiger partial charge is 0.161 e. The van der Waals surface area contributed by atoms with Crippen LogP contribution in [0.15, 0.2) is 24.3 Å². The molecule has 0 radical (unpaired) electrons. The van der Waals surface area contributed by atoms with Gasteiger partial charge in [-0.25, -0.2) is 0 Å². The van der Waals surface area contributed by atoms with E-state index in [9.17, 15) is 4.79 Å². The lowest BCUT2D eigenvalue weighted by atomic mass is 10.1. The largest absolute Gasteiger partial charge is 0.294 e. The molecule has 1 aromatic rings. The van der Waals surface area contributed by atoms with E-state index in [1.807, 2.05) is 18.2 Å². The molecule has 14 heavy (non-hydrogen) atoms. The lowest BCUT2D eigenvalue weighted by molar-refractivity contribution is 0.101. The van der Waals surface area contributed by atoms with Crippen LogP contribution in [0, 0.1) is 11.8 Å². The number of hydrogen-bond acceptors (Lipinski definition) is 2. The molecule has 2 heteroatoms. The molecule has 0 aliphatic heterocycles. The van der Waals surface area contributed by atoms with E-state index in [4.69, 9.17) is 0 Å². The van der Waals surface area contributed by atoms with Gasteiger partial charge in [-0.05, 0) is 13.0 Å². The zero-order chi connectivity index (χ0) is 10.4. The summed E-state index contributed by atoms with van der Waals surface area (Å²) in [6.07, 6.45) is 0.745. The van der Waals surface area contributed by atoms with Crippen LogP contribution < -0.4 is 0 Å². The van der Waals surface area contributed by atoms with Crippen LogP contribution in [0.25, 0.3) is 0 Å². The molecule has 1 rings (SSSR count). The van der Waals surface area contributed by atoms with Crippen LogP contribution in [0.2, 0.25) is 0 Å². The second-order valence-electron chi connectivity index (χ2n) is 2.88. The highest BCUT2D eigenvalue weighted by Gasteiger charge is 2.02. The Morgan fingerprint density at radius 1 is 1.43 bits per heavy atom. The van der Waals surface area contributed by atoms with Crippen molar-refractivity contribution in [3.8, 4) is 11.8 Å². The highest BCUT2D eigenvalue weighted by molar-refractivity contribution is 7.80. The Morgan fingerprint density at radius 2 is 2.14 bits per heavy atom. The predicted molar refractivity (Wildman–Crippen MR) is 61.8 cm³/mol. The summed E-state index contributed by atoms with van der Waals surface area (Å²) in [6.45, 7) is 1.55. The number of carbonyl (C=O) groups excluding carboxylic acids is 1. The summed E-state index contributed by atoms with van der Waals surface area (Å²) in [5.74, 6) is 6.75. The summed E-state index contributed by atoms with van der Waals surface area (Å²) < 4.78 is 0. The van der Waals surface area contributed by atoms with Gasteiger partial charge in [0.05, 0.1) is 0 Å². The normalized spacial score (nSPS) is 9.00. The second-order valence-corrected chi connectivity index (χ2v) is 3.32. The zero-order valence-corrected chi connectivity index (χ0v) is 8.97. The molecule has 72 valence electrons. The molecule has 0 atom stereocenters. The van der Waals surface area contributed by atoms with Crippen molar-refractivity contribution >= 4 is 18.4 Å². The summed E-state index contributed by atoms with van der Waals surface area (Å²) in [5, 5.41) is 0. The van der Waals surface area contributed by atoms with Gasteiger partial charge in [-0.3, -0.25) is 4.79 Å². The first kappa shape index (κ1) is 10.9. The Kier molecular flexibility index (Phi) is 4.28. The molecule has 0 spiro atoms. The molecule has 0 amide bonds. The Morgan fingerprint density at radius 3 is 2.79 bits per heavy atom. The fourth-order valence-electron chi connectivity index (χ4n) is 1.11. The molecular weight excluding hydrogens is 192 g/mol. The average molecular weight is 204 g/mol. The van der Waals surface area contributed by atoms with Gasteiger partial charge >= 0.3 is 0 Å². The maximum Gasteiger partial charge on any atom is 0.161 e. The van der Waals surface area contributed by atoms with Crippen LogP contribution in [0.4, 0.5) is 0 Å². The molecule has 0 fully saturated rings. The fraction of sp³-hybridized carbons (Fsp3) is 0.250. The number of benzene rings is 1. The lowest BCUT2D eigenvalue weighted by Gasteiger charge is -1.97. The van der Waals surface area contributed by atoms with Gasteiger partial charge in [0.1, 0.15) is 0 Å². The molecule has 0 heterocycles. The predicted octanol–water partition coefficient (Wildman–Crippen LogP) is 2.56. The molecule has 0 aliphatic carbocycles. The summed E-state index contributed by atoms with van der Waals surface area (Å²) in [7, 11) is 0. The van der Waals surface area contributed by atoms with Crippen molar-refractivity contribution in [2.24, 2.45) is 0 Å². The molecular formula is C12H12OS. The van der Waals surface area contributed by atoms with Crippen LogP contribution in [0.5, 0.6) is 0 Å². The fourth-order valence-corrected chi connectivity index (χ4v) is 1.22. The van der Waals surface area contributed by atoms with Gasteiger partial charge in [0.15, 0.2) is 5.78 Å². The van der Waals surface area contributed by atoms with Gasteiger partial charge in [-0.15, -0.1) is 0 Å². The maximum absolute atomic E-state index is 11.2. The van der Waals surface area contributed by atoms with Gasteiger partial charge < -0.3 is 0 Å². The number of ketones is 1. The number of rotatable bonds is 2. The minimum atomic E-state index is 0.0563. The molecule has 0 N–H and O–H groups in total. The van der Waals surface area contributed by atoms with E-state index in [2.05, 4.69) is 24.5 Å². The first-order chi connectivity index (χ1) is 6.75. The minimum Gasteiger partial charge on any atom is -0.294 e. The Bertz CT molecular complexity index is 385. The van der Waals surface area contributed by atoms with Gasteiger partial charge in [-0.2, -0.15) is 12.6 Å². The van der Waals surface area contributed by atoms with Gasteiger partial charge in [0, 0.05) is 23.3 Å². The van der Waals surface area contributed by atoms with E-state index >= 15 is 0 Å². The maximum atomic E-state index is 11.2. The Balaban J connectivity index is 2.97. The quantitative estimate of drug-likeness (QED) is 0.445. The molecule has 0 unspecified atom stereocenters. The number of Topliss-reactive ketones (excluding diaryl/α,β-unsaturated/α-hetero) is 1. The van der Waals surface area contributed by atoms with Crippen molar-refractivity contribution in [3.63, 3.8) is 0 Å². The van der Waals surface area contributed by atoms with Crippen LogP contribution in [-0.2, 0) is 0 Å². The number of thiol groups is 1. The summed E-state index contributed by atoms with van der Waals surface area (Å²) in [4.78, 5) is 11.2. The second kappa shape index (κ2) is 5.51. The SMILES string of the molecule is CC(=O)c1ccccc1C#CCCS. The molecule has 0 aliphatic rings. The number of hydrogen-bond donors (Lipinski definition) is 1. The first-order valence-corrected chi connectivity index (χ1v) is 5.08. The third-order valence-corrected chi connectivity index (χ3v) is 1.99. The van der Waals surface area contributed by atoms with Gasteiger partial charge in [-0.1, -0.05) is 30.0 Å². The molecule has 0 aromatic heterocycles. The minimum absolute atomic E-state index is 0.0563. The van der Waals surface area contributed by atoms with E-state index in [0.717, 1.165) is 17.7 Å². The summed E-state index contributed by atoms with van der Waals surface area (Å²) >= 11 is 4.06. The van der Waals surface area contributed by atoms with E-state index in [1.54, 1.807) is 13.0 Å². The van der Waals surface area contributed by atoms with E-state index in [1.165, 1.54) is 0 Å². The van der Waals surface area contributed by atoms with Crippen molar-refractivity contribution < 1.29 is 4.79 Å². The van der Waals surface area contributed by atoms with Crippen molar-refractivity contribution in [2.75, 3.05) is 5.75 Å². The standard InChI is InChI=1S/C12H12OS/c1-10(13)12-8-3-2-6-11(12)7-4-5-9-14/h2-3,6,8,14H,5,9H2,1H3. The van der Waals surface area contributed by atoms with Crippen molar-refractivity contribution in [1.29, 1.82) is 0 Å². The van der Waals surface area contributed by atoms with E-state index in [-0.39, 0.29) is 5.78 Å². The topological polar surface area (TPSA) is 17.1 Å². The first-order valence-electron chi connectivity index (χ1n) is 4.45. The third kappa shape index (κ3) is 2.93. The zero-order valence-electron chi connectivity index (χ0n) is 8.08. The van der Waals surface area contributed by atoms with Crippen LogP contribution in [0.1, 0.15) is 29.3 Å². The molecule has 0 saturated carbocycles. The van der Waals surface area contributed by atoms with Crippen LogP contribution >= 0.6 is 12.6 Å². The molecule has 0 bridgehead atoms. The molecule has 1 nitrogen and oxygen atoms in total. The van der Waals surface area contributed by atoms with E-state index < -0.39 is 0 Å². The summed E-state index contributed by atoms with van der Waals surface area (Å²) in [5.41, 5.74) is 1.50. The highest BCUT2D eigenvalue weighted by Crippen LogP contribution is 2.07. The van der Waals surface area contributed by atoms with Gasteiger partial charge in [0.25, 0.3) is 0 Å². The van der Waals surface area contributed by atoms with E-state index in [0.29, 0.717) is 5.56 Å². The molecule has 1 aromatic carbocycles. The van der Waals surface area contributed by atoms with Crippen molar-refractivity contribution in [3.05, 3.63) is 35.4 Å². The number of carbonyl (C=O) groups is 1. The third-order valence-electron chi connectivity index (χ3n) is 1.77. The monoisotopic (exact) mass is 204 g/mol. The van der Waals surface area contributed by atoms with Crippen LogP contribution in [-0.4, -0.2) is 11.5 Å².